The number of hydrogen-bond donors (Lipinski definition) is 0. The Balaban J connectivity index is 2.23. The molecule has 0 aromatic carbocycles. The van der Waals surface area contributed by atoms with Gasteiger partial charge in [-0.15, -0.1) is 0 Å². The molecule has 1 aromatic rings. The molecule has 3 nitrogen and oxygen atoms in total. The fourth-order valence-corrected chi connectivity index (χ4v) is 2.98. The van der Waals surface area contributed by atoms with Crippen LogP contribution < -0.4 is 4.90 Å². The fraction of sp³-hybridized carbons (Fsp3) is 0.556. The molecule has 2 rings (SSSR count). The Kier molecular flexibility index (Phi) is 3.31. The topological polar surface area (TPSA) is 29.0 Å². The largest absolute Gasteiger partial charge is 0.353 e. The molecule has 1 aliphatic rings. The van der Waals surface area contributed by atoms with Crippen LogP contribution in [0.3, 0.4) is 0 Å². The number of hydrogen-bond acceptors (Lipinski definition) is 4. The lowest BCUT2D eigenvalue weighted by molar-refractivity contribution is 0.591. The molecule has 1 aromatic heterocycles. The lowest BCUT2D eigenvalue weighted by atomic mass is 10.2. The van der Waals surface area contributed by atoms with Gasteiger partial charge in [-0.2, -0.15) is 16.7 Å². The second-order valence-electron chi connectivity index (χ2n) is 3.44. The summed E-state index contributed by atoms with van der Waals surface area (Å²) < 4.78 is 13.4. The SMILES string of the molecule is CN(c1nc(Cl)ncc1F)C1CCSC1. The molecule has 1 saturated heterocycles. The summed E-state index contributed by atoms with van der Waals surface area (Å²) in [4.78, 5) is 9.36. The molecule has 82 valence electrons. The summed E-state index contributed by atoms with van der Waals surface area (Å²) in [5.41, 5.74) is 0. The van der Waals surface area contributed by atoms with E-state index in [0.717, 1.165) is 24.1 Å². The summed E-state index contributed by atoms with van der Waals surface area (Å²) in [5.74, 6) is 2.01. The van der Waals surface area contributed by atoms with E-state index in [1.54, 1.807) is 0 Å². The van der Waals surface area contributed by atoms with Gasteiger partial charge in [0.25, 0.3) is 0 Å². The predicted octanol–water partition coefficient (Wildman–Crippen LogP) is 2.21. The minimum absolute atomic E-state index is 0.0869. The average Bonchev–Trinajstić information content (AvgIpc) is 2.74. The van der Waals surface area contributed by atoms with Crippen molar-refractivity contribution >= 4 is 29.2 Å². The highest BCUT2D eigenvalue weighted by molar-refractivity contribution is 7.99. The fourth-order valence-electron chi connectivity index (χ4n) is 1.59. The Morgan fingerprint density at radius 3 is 3.13 bits per heavy atom. The summed E-state index contributed by atoms with van der Waals surface area (Å²) in [7, 11) is 1.85. The van der Waals surface area contributed by atoms with Crippen LogP contribution in [0.5, 0.6) is 0 Å². The second kappa shape index (κ2) is 4.53. The molecular formula is C9H11ClFN3S. The van der Waals surface area contributed by atoms with Gasteiger partial charge < -0.3 is 4.90 Å². The molecule has 1 unspecified atom stereocenters. The summed E-state index contributed by atoms with van der Waals surface area (Å²) >= 11 is 7.52. The molecule has 1 aliphatic heterocycles. The predicted molar refractivity (Wildman–Crippen MR) is 61.1 cm³/mol. The number of aromatic nitrogens is 2. The summed E-state index contributed by atoms with van der Waals surface area (Å²) in [6.07, 6.45) is 2.17. The number of thioether (sulfide) groups is 1. The monoisotopic (exact) mass is 247 g/mol. The van der Waals surface area contributed by atoms with E-state index < -0.39 is 5.82 Å². The molecule has 1 atom stereocenters. The smallest absolute Gasteiger partial charge is 0.224 e. The maximum absolute atomic E-state index is 13.4. The number of rotatable bonds is 2. The molecule has 0 N–H and O–H groups in total. The van der Waals surface area contributed by atoms with E-state index in [9.17, 15) is 4.39 Å². The first kappa shape index (κ1) is 11.0. The zero-order chi connectivity index (χ0) is 10.8. The molecule has 0 saturated carbocycles. The van der Waals surface area contributed by atoms with Crippen LogP contribution in [0, 0.1) is 5.82 Å². The van der Waals surface area contributed by atoms with Crippen LogP contribution in [-0.2, 0) is 0 Å². The highest BCUT2D eigenvalue weighted by atomic mass is 35.5. The van der Waals surface area contributed by atoms with Crippen molar-refractivity contribution in [3.05, 3.63) is 17.3 Å². The quantitative estimate of drug-likeness (QED) is 0.750. The van der Waals surface area contributed by atoms with E-state index in [4.69, 9.17) is 11.6 Å². The standard InChI is InChI=1S/C9H11ClFN3S/c1-14(6-2-3-15-5-6)8-7(11)4-12-9(10)13-8/h4,6H,2-3,5H2,1H3. The first-order valence-electron chi connectivity index (χ1n) is 4.67. The van der Waals surface area contributed by atoms with E-state index >= 15 is 0 Å². The lowest BCUT2D eigenvalue weighted by Crippen LogP contribution is -2.32. The van der Waals surface area contributed by atoms with Crippen LogP contribution in [0.15, 0.2) is 6.20 Å². The summed E-state index contributed by atoms with van der Waals surface area (Å²) in [5, 5.41) is 0.0869. The zero-order valence-electron chi connectivity index (χ0n) is 8.28. The highest BCUT2D eigenvalue weighted by Crippen LogP contribution is 2.26. The average molecular weight is 248 g/mol. The molecule has 0 radical (unpaired) electrons. The Hall–Kier alpha value is -0.550. The molecule has 15 heavy (non-hydrogen) atoms. The van der Waals surface area contributed by atoms with Crippen molar-refractivity contribution in [3.63, 3.8) is 0 Å². The molecule has 0 spiro atoms. The van der Waals surface area contributed by atoms with Crippen molar-refractivity contribution in [3.8, 4) is 0 Å². The highest BCUT2D eigenvalue weighted by Gasteiger charge is 2.23. The van der Waals surface area contributed by atoms with Crippen LogP contribution in [0.4, 0.5) is 10.2 Å². The van der Waals surface area contributed by atoms with Gasteiger partial charge in [0.1, 0.15) is 0 Å². The minimum atomic E-state index is -0.418. The van der Waals surface area contributed by atoms with Gasteiger partial charge in [0.2, 0.25) is 5.28 Å². The Bertz CT molecular complexity index is 357. The summed E-state index contributed by atoms with van der Waals surface area (Å²) in [6, 6.07) is 0.343. The first-order chi connectivity index (χ1) is 7.18. The van der Waals surface area contributed by atoms with Crippen LogP contribution in [0.25, 0.3) is 0 Å². The Morgan fingerprint density at radius 2 is 2.47 bits per heavy atom. The maximum Gasteiger partial charge on any atom is 0.224 e. The Labute approximate surface area is 97.0 Å². The van der Waals surface area contributed by atoms with Crippen LogP contribution >= 0.6 is 23.4 Å². The van der Waals surface area contributed by atoms with Gasteiger partial charge in [-0.3, -0.25) is 0 Å². The van der Waals surface area contributed by atoms with Gasteiger partial charge in [0.05, 0.1) is 6.20 Å². The van der Waals surface area contributed by atoms with Crippen molar-refractivity contribution in [1.29, 1.82) is 0 Å². The number of anilines is 1. The van der Waals surface area contributed by atoms with Crippen molar-refractivity contribution in [2.24, 2.45) is 0 Å². The lowest BCUT2D eigenvalue weighted by Gasteiger charge is -2.24. The van der Waals surface area contributed by atoms with Crippen molar-refractivity contribution in [1.82, 2.24) is 9.97 Å². The normalized spacial score (nSPS) is 20.6. The molecular weight excluding hydrogens is 237 g/mol. The van der Waals surface area contributed by atoms with Gasteiger partial charge in [0.15, 0.2) is 11.6 Å². The Morgan fingerprint density at radius 1 is 1.67 bits per heavy atom. The number of nitrogens with zero attached hydrogens (tertiary/aromatic N) is 3. The van der Waals surface area contributed by atoms with Crippen molar-refractivity contribution < 1.29 is 4.39 Å². The molecule has 0 amide bonds. The van der Waals surface area contributed by atoms with Gasteiger partial charge >= 0.3 is 0 Å². The van der Waals surface area contributed by atoms with Gasteiger partial charge in [-0.25, -0.2) is 9.37 Å². The van der Waals surface area contributed by atoms with E-state index in [0.29, 0.717) is 11.9 Å². The minimum Gasteiger partial charge on any atom is -0.353 e. The van der Waals surface area contributed by atoms with Crippen LogP contribution in [0.1, 0.15) is 6.42 Å². The van der Waals surface area contributed by atoms with Crippen LogP contribution in [-0.4, -0.2) is 34.6 Å². The summed E-state index contributed by atoms with van der Waals surface area (Å²) in [6.45, 7) is 0. The molecule has 6 heteroatoms. The molecule has 2 heterocycles. The van der Waals surface area contributed by atoms with Crippen molar-refractivity contribution in [2.45, 2.75) is 12.5 Å². The van der Waals surface area contributed by atoms with E-state index in [2.05, 4.69) is 9.97 Å². The third-order valence-corrected chi connectivity index (χ3v) is 3.81. The molecule has 0 bridgehead atoms. The van der Waals surface area contributed by atoms with E-state index in [-0.39, 0.29) is 5.28 Å². The van der Waals surface area contributed by atoms with E-state index in [1.807, 2.05) is 23.7 Å². The van der Waals surface area contributed by atoms with Gasteiger partial charge in [-0.1, -0.05) is 0 Å². The third kappa shape index (κ3) is 2.34. The van der Waals surface area contributed by atoms with Gasteiger partial charge in [0, 0.05) is 18.8 Å². The third-order valence-electron chi connectivity index (χ3n) is 2.48. The zero-order valence-corrected chi connectivity index (χ0v) is 9.85. The molecule has 0 aliphatic carbocycles. The van der Waals surface area contributed by atoms with Gasteiger partial charge in [-0.05, 0) is 23.8 Å². The van der Waals surface area contributed by atoms with E-state index in [1.165, 1.54) is 0 Å². The number of halogens is 2. The first-order valence-corrected chi connectivity index (χ1v) is 6.20. The maximum atomic E-state index is 13.4. The second-order valence-corrected chi connectivity index (χ2v) is 4.93. The van der Waals surface area contributed by atoms with Crippen LogP contribution in [0.2, 0.25) is 5.28 Å². The molecule has 1 fully saturated rings. The van der Waals surface area contributed by atoms with Crippen molar-refractivity contribution in [2.75, 3.05) is 23.5 Å².